The predicted octanol–water partition coefficient (Wildman–Crippen LogP) is 2.56. The van der Waals surface area contributed by atoms with Gasteiger partial charge in [-0.3, -0.25) is 15.0 Å². The number of benzene rings is 1. The number of nitrogens with zero attached hydrogens (tertiary/aromatic N) is 1. The second-order valence-electron chi connectivity index (χ2n) is 7.21. The number of hydrogen-bond acceptors (Lipinski definition) is 3. The number of rotatable bonds is 6. The van der Waals surface area contributed by atoms with Crippen LogP contribution in [-0.4, -0.2) is 43.0 Å². The lowest BCUT2D eigenvalue weighted by atomic mass is 9.90. The van der Waals surface area contributed by atoms with Crippen molar-refractivity contribution in [3.63, 3.8) is 0 Å². The van der Waals surface area contributed by atoms with E-state index in [4.69, 9.17) is 0 Å². The first-order chi connectivity index (χ1) is 11.9. The molecule has 1 heterocycles. The zero-order valence-corrected chi connectivity index (χ0v) is 15.1. The average Bonchev–Trinajstić information content (AvgIpc) is 2.55. The summed E-state index contributed by atoms with van der Waals surface area (Å²) in [6.45, 7) is 6.42. The van der Waals surface area contributed by atoms with Gasteiger partial charge in [-0.05, 0) is 61.9 Å². The van der Waals surface area contributed by atoms with E-state index < -0.39 is 6.03 Å². The molecule has 1 saturated heterocycles. The Labute approximate surface area is 149 Å². The van der Waals surface area contributed by atoms with Crippen molar-refractivity contribution in [2.45, 2.75) is 33.1 Å². The SMILES string of the molecule is CC(C)CNC(=O)NC(=O)CN1CCC(Cc2cccc(F)c2)CC1. The fraction of sp³-hybridized carbons (Fsp3) is 0.579. The molecule has 0 radical (unpaired) electrons. The van der Waals surface area contributed by atoms with Crippen molar-refractivity contribution in [2.75, 3.05) is 26.2 Å². The van der Waals surface area contributed by atoms with E-state index in [9.17, 15) is 14.0 Å². The summed E-state index contributed by atoms with van der Waals surface area (Å²) < 4.78 is 13.2. The van der Waals surface area contributed by atoms with Crippen molar-refractivity contribution in [3.05, 3.63) is 35.6 Å². The number of likely N-dealkylation sites (tertiary alicyclic amines) is 1. The molecule has 1 aliphatic rings. The molecule has 2 rings (SSSR count). The molecule has 25 heavy (non-hydrogen) atoms. The first-order valence-electron chi connectivity index (χ1n) is 8.97. The first-order valence-corrected chi connectivity index (χ1v) is 8.97. The molecule has 0 aliphatic carbocycles. The summed E-state index contributed by atoms with van der Waals surface area (Å²) in [5.74, 6) is 0.389. The van der Waals surface area contributed by atoms with Gasteiger partial charge in [-0.2, -0.15) is 0 Å². The van der Waals surface area contributed by atoms with Gasteiger partial charge in [0.1, 0.15) is 5.82 Å². The second-order valence-corrected chi connectivity index (χ2v) is 7.21. The van der Waals surface area contributed by atoms with Crippen molar-refractivity contribution in [1.82, 2.24) is 15.5 Å². The van der Waals surface area contributed by atoms with E-state index >= 15 is 0 Å². The molecule has 6 heteroatoms. The van der Waals surface area contributed by atoms with Gasteiger partial charge < -0.3 is 5.32 Å². The molecule has 2 N–H and O–H groups in total. The number of carbonyl (C=O) groups is 2. The summed E-state index contributed by atoms with van der Waals surface area (Å²) in [5, 5.41) is 5.04. The Morgan fingerprint density at radius 1 is 1.28 bits per heavy atom. The van der Waals surface area contributed by atoms with Crippen LogP contribution >= 0.6 is 0 Å². The molecule has 0 aromatic heterocycles. The van der Waals surface area contributed by atoms with Gasteiger partial charge in [-0.15, -0.1) is 0 Å². The Morgan fingerprint density at radius 3 is 2.64 bits per heavy atom. The van der Waals surface area contributed by atoms with E-state index in [1.165, 1.54) is 6.07 Å². The van der Waals surface area contributed by atoms with Crippen molar-refractivity contribution in [2.24, 2.45) is 11.8 Å². The van der Waals surface area contributed by atoms with Gasteiger partial charge >= 0.3 is 6.03 Å². The van der Waals surface area contributed by atoms with Crippen LogP contribution in [0.4, 0.5) is 9.18 Å². The number of imide groups is 1. The maximum atomic E-state index is 13.2. The normalized spacial score (nSPS) is 16.0. The molecule has 1 aliphatic heterocycles. The molecule has 0 bridgehead atoms. The maximum Gasteiger partial charge on any atom is 0.321 e. The number of piperidine rings is 1. The van der Waals surface area contributed by atoms with Crippen LogP contribution in [0.25, 0.3) is 0 Å². The molecule has 0 unspecified atom stereocenters. The fourth-order valence-electron chi connectivity index (χ4n) is 3.06. The Bertz CT molecular complexity index is 584. The van der Waals surface area contributed by atoms with Gasteiger partial charge in [0.25, 0.3) is 0 Å². The molecule has 0 spiro atoms. The maximum absolute atomic E-state index is 13.2. The lowest BCUT2D eigenvalue weighted by molar-refractivity contribution is -0.121. The van der Waals surface area contributed by atoms with E-state index in [2.05, 4.69) is 15.5 Å². The van der Waals surface area contributed by atoms with Crippen molar-refractivity contribution < 1.29 is 14.0 Å². The Balaban J connectivity index is 1.67. The van der Waals surface area contributed by atoms with Crippen LogP contribution in [0.3, 0.4) is 0 Å². The average molecular weight is 349 g/mol. The highest BCUT2D eigenvalue weighted by Crippen LogP contribution is 2.21. The van der Waals surface area contributed by atoms with E-state index in [1.54, 1.807) is 12.1 Å². The fourth-order valence-corrected chi connectivity index (χ4v) is 3.06. The quantitative estimate of drug-likeness (QED) is 0.830. The minimum Gasteiger partial charge on any atom is -0.338 e. The lowest BCUT2D eigenvalue weighted by Gasteiger charge is -2.31. The highest BCUT2D eigenvalue weighted by molar-refractivity contribution is 5.95. The summed E-state index contributed by atoms with van der Waals surface area (Å²) in [7, 11) is 0. The minimum absolute atomic E-state index is 0.192. The summed E-state index contributed by atoms with van der Waals surface area (Å²) in [6.07, 6.45) is 2.82. The summed E-state index contributed by atoms with van der Waals surface area (Å²) in [4.78, 5) is 25.6. The second kappa shape index (κ2) is 9.51. The smallest absolute Gasteiger partial charge is 0.321 e. The van der Waals surface area contributed by atoms with Gasteiger partial charge in [-0.1, -0.05) is 26.0 Å². The predicted molar refractivity (Wildman–Crippen MR) is 95.6 cm³/mol. The third-order valence-corrected chi connectivity index (χ3v) is 4.41. The molecule has 5 nitrogen and oxygen atoms in total. The number of carbonyl (C=O) groups excluding carboxylic acids is 2. The Hall–Kier alpha value is -1.95. The van der Waals surface area contributed by atoms with E-state index in [0.717, 1.165) is 37.9 Å². The summed E-state index contributed by atoms with van der Waals surface area (Å²) in [5.41, 5.74) is 1.03. The van der Waals surface area contributed by atoms with Gasteiger partial charge in [0.2, 0.25) is 5.91 Å². The van der Waals surface area contributed by atoms with Gasteiger partial charge in [0, 0.05) is 6.54 Å². The van der Waals surface area contributed by atoms with Crippen LogP contribution < -0.4 is 10.6 Å². The largest absolute Gasteiger partial charge is 0.338 e. The lowest BCUT2D eigenvalue weighted by Crippen LogP contribution is -2.46. The van der Waals surface area contributed by atoms with Gasteiger partial charge in [0.15, 0.2) is 0 Å². The molecule has 1 aromatic carbocycles. The van der Waals surface area contributed by atoms with Crippen LogP contribution in [0.15, 0.2) is 24.3 Å². The number of hydrogen-bond donors (Lipinski definition) is 2. The van der Waals surface area contributed by atoms with E-state index in [-0.39, 0.29) is 18.3 Å². The summed E-state index contributed by atoms with van der Waals surface area (Å²) >= 11 is 0. The number of halogens is 1. The standard InChI is InChI=1S/C19H28FN3O2/c1-14(2)12-21-19(25)22-18(24)13-23-8-6-15(7-9-23)10-16-4-3-5-17(20)11-16/h3-5,11,14-15H,6-10,12-13H2,1-2H3,(H2,21,22,24,25). The van der Waals surface area contributed by atoms with E-state index in [1.807, 2.05) is 19.9 Å². The Morgan fingerprint density at radius 2 is 2.00 bits per heavy atom. The number of amides is 3. The molecule has 1 fully saturated rings. The van der Waals surface area contributed by atoms with Crippen molar-refractivity contribution in [3.8, 4) is 0 Å². The molecule has 138 valence electrons. The molecule has 1 aromatic rings. The van der Waals surface area contributed by atoms with Crippen LogP contribution in [-0.2, 0) is 11.2 Å². The molecule has 3 amide bonds. The number of nitrogens with one attached hydrogen (secondary N) is 2. The van der Waals surface area contributed by atoms with Crippen LogP contribution in [0.2, 0.25) is 0 Å². The van der Waals surface area contributed by atoms with Gasteiger partial charge in [0.05, 0.1) is 6.54 Å². The third-order valence-electron chi connectivity index (χ3n) is 4.41. The molecule has 0 saturated carbocycles. The Kier molecular flexibility index (Phi) is 7.37. The van der Waals surface area contributed by atoms with Gasteiger partial charge in [-0.25, -0.2) is 9.18 Å². The first kappa shape index (κ1) is 19.4. The highest BCUT2D eigenvalue weighted by Gasteiger charge is 2.21. The molecule has 0 atom stereocenters. The van der Waals surface area contributed by atoms with E-state index in [0.29, 0.717) is 18.4 Å². The van der Waals surface area contributed by atoms with Crippen LogP contribution in [0.5, 0.6) is 0 Å². The van der Waals surface area contributed by atoms with Crippen LogP contribution in [0, 0.1) is 17.7 Å². The summed E-state index contributed by atoms with van der Waals surface area (Å²) in [6, 6.07) is 6.32. The van der Waals surface area contributed by atoms with Crippen LogP contribution in [0.1, 0.15) is 32.3 Å². The third kappa shape index (κ3) is 7.22. The van der Waals surface area contributed by atoms with Crippen molar-refractivity contribution >= 4 is 11.9 Å². The zero-order valence-electron chi connectivity index (χ0n) is 15.1. The topological polar surface area (TPSA) is 61.4 Å². The molecular weight excluding hydrogens is 321 g/mol. The highest BCUT2D eigenvalue weighted by atomic mass is 19.1. The minimum atomic E-state index is -0.431. The molecular formula is C19H28FN3O2. The monoisotopic (exact) mass is 349 g/mol. The number of urea groups is 1. The van der Waals surface area contributed by atoms with Crippen molar-refractivity contribution in [1.29, 1.82) is 0 Å². The zero-order chi connectivity index (χ0) is 18.2.